The number of aryl methyl sites for hydroxylation is 2. The molecule has 1 aromatic carbocycles. The lowest BCUT2D eigenvalue weighted by molar-refractivity contribution is -0.116. The predicted octanol–water partition coefficient (Wildman–Crippen LogP) is 1.31. The molecule has 1 amide bonds. The predicted molar refractivity (Wildman–Crippen MR) is 90.1 cm³/mol. The first kappa shape index (κ1) is 17.6. The van der Waals surface area contributed by atoms with Gasteiger partial charge in [-0.3, -0.25) is 9.48 Å². The van der Waals surface area contributed by atoms with Gasteiger partial charge >= 0.3 is 0 Å². The monoisotopic (exact) mass is 366 g/mol. The van der Waals surface area contributed by atoms with Crippen LogP contribution in [0.3, 0.4) is 0 Å². The number of nitrogens with zero attached hydrogens (tertiary/aromatic N) is 3. The van der Waals surface area contributed by atoms with Crippen LogP contribution in [-0.2, 0) is 34.7 Å². The number of anilines is 1. The zero-order valence-electron chi connectivity index (χ0n) is 14.0. The second-order valence-electron chi connectivity index (χ2n) is 6.01. The van der Waals surface area contributed by atoms with E-state index in [1.807, 2.05) is 0 Å². The summed E-state index contributed by atoms with van der Waals surface area (Å²) in [6.07, 6.45) is 2.74. The number of halogens is 1. The molecule has 1 aliphatic carbocycles. The molecule has 3 rings (SSSR count). The Morgan fingerprint density at radius 3 is 2.68 bits per heavy atom. The zero-order valence-corrected chi connectivity index (χ0v) is 14.8. The summed E-state index contributed by atoms with van der Waals surface area (Å²) >= 11 is 0. The summed E-state index contributed by atoms with van der Waals surface area (Å²) < 4.78 is 40.4. The standard InChI is InChI=1S/C16H19FN4O3S/c1-20(25(23,24)12-8-6-11(17)7-9-12)10-15(22)18-16-13-4-3-5-14(13)19-21(16)2/h6-9H,3-5,10H2,1-2H3,(H,18,22). The van der Waals surface area contributed by atoms with Gasteiger partial charge in [0.05, 0.1) is 17.1 Å². The van der Waals surface area contributed by atoms with Crippen molar-refractivity contribution in [3.8, 4) is 0 Å². The second-order valence-corrected chi connectivity index (χ2v) is 8.06. The van der Waals surface area contributed by atoms with Crippen molar-refractivity contribution in [1.29, 1.82) is 0 Å². The number of hydrogen-bond donors (Lipinski definition) is 1. The number of nitrogens with one attached hydrogen (secondary N) is 1. The van der Waals surface area contributed by atoms with E-state index in [9.17, 15) is 17.6 Å². The van der Waals surface area contributed by atoms with Crippen LogP contribution >= 0.6 is 0 Å². The summed E-state index contributed by atoms with van der Waals surface area (Å²) in [6.45, 7) is -0.348. The van der Waals surface area contributed by atoms with Gasteiger partial charge in [-0.1, -0.05) is 0 Å². The fraction of sp³-hybridized carbons (Fsp3) is 0.375. The Balaban J connectivity index is 1.71. The highest BCUT2D eigenvalue weighted by atomic mass is 32.2. The lowest BCUT2D eigenvalue weighted by atomic mass is 10.2. The number of likely N-dealkylation sites (N-methyl/N-ethyl adjacent to an activating group) is 1. The van der Waals surface area contributed by atoms with Crippen molar-refractivity contribution in [2.45, 2.75) is 24.2 Å². The van der Waals surface area contributed by atoms with Gasteiger partial charge in [0.15, 0.2) is 0 Å². The van der Waals surface area contributed by atoms with Crippen LogP contribution in [0.15, 0.2) is 29.2 Å². The molecule has 1 N–H and O–H groups in total. The number of fused-ring (bicyclic) bond motifs is 1. The fourth-order valence-corrected chi connectivity index (χ4v) is 4.05. The Bertz CT molecular complexity index is 906. The molecular formula is C16H19FN4O3S. The van der Waals surface area contributed by atoms with Gasteiger partial charge in [-0.05, 0) is 43.5 Å². The molecule has 0 spiro atoms. The van der Waals surface area contributed by atoms with Gasteiger partial charge in [-0.15, -0.1) is 0 Å². The molecule has 0 bridgehead atoms. The van der Waals surface area contributed by atoms with Gasteiger partial charge in [-0.25, -0.2) is 12.8 Å². The molecule has 1 aliphatic rings. The molecule has 9 heteroatoms. The summed E-state index contributed by atoms with van der Waals surface area (Å²) in [5, 5.41) is 7.11. The molecule has 134 valence electrons. The third-order valence-corrected chi connectivity index (χ3v) is 6.03. The summed E-state index contributed by atoms with van der Waals surface area (Å²) in [5.74, 6) is -0.361. The highest BCUT2D eigenvalue weighted by Crippen LogP contribution is 2.28. The number of benzene rings is 1. The normalized spacial score (nSPS) is 13.9. The molecule has 7 nitrogen and oxygen atoms in total. The van der Waals surface area contributed by atoms with Gasteiger partial charge in [0, 0.05) is 19.7 Å². The van der Waals surface area contributed by atoms with Crippen molar-refractivity contribution in [2.75, 3.05) is 18.9 Å². The quantitative estimate of drug-likeness (QED) is 0.865. The first-order chi connectivity index (χ1) is 11.8. The molecule has 0 radical (unpaired) electrons. The maximum atomic E-state index is 13.0. The van der Waals surface area contributed by atoms with Crippen molar-refractivity contribution in [3.05, 3.63) is 41.3 Å². The van der Waals surface area contributed by atoms with Gasteiger partial charge in [0.25, 0.3) is 0 Å². The Kier molecular flexibility index (Phi) is 4.61. The Morgan fingerprint density at radius 2 is 2.00 bits per heavy atom. The van der Waals surface area contributed by atoms with Crippen molar-refractivity contribution < 1.29 is 17.6 Å². The SMILES string of the molecule is CN(CC(=O)Nc1c2c(nn1C)CCC2)S(=O)(=O)c1ccc(F)cc1. The average Bonchev–Trinajstić information content (AvgIpc) is 3.10. The molecule has 0 unspecified atom stereocenters. The number of carbonyl (C=O) groups is 1. The minimum atomic E-state index is -3.87. The minimum Gasteiger partial charge on any atom is -0.310 e. The first-order valence-electron chi connectivity index (χ1n) is 7.85. The Hall–Kier alpha value is -2.26. The lowest BCUT2D eigenvalue weighted by Gasteiger charge is -2.17. The molecule has 1 heterocycles. The maximum Gasteiger partial charge on any atom is 0.243 e. The molecule has 0 fully saturated rings. The van der Waals surface area contributed by atoms with E-state index < -0.39 is 21.7 Å². The molecule has 1 aromatic heterocycles. The highest BCUT2D eigenvalue weighted by Gasteiger charge is 2.25. The zero-order chi connectivity index (χ0) is 18.2. The largest absolute Gasteiger partial charge is 0.310 e. The van der Waals surface area contributed by atoms with Gasteiger partial charge in [-0.2, -0.15) is 9.40 Å². The van der Waals surface area contributed by atoms with Gasteiger partial charge in [0.2, 0.25) is 15.9 Å². The molecule has 25 heavy (non-hydrogen) atoms. The highest BCUT2D eigenvalue weighted by molar-refractivity contribution is 7.89. The number of amides is 1. The van der Waals surface area contributed by atoms with Crippen LogP contribution in [-0.4, -0.2) is 42.0 Å². The van der Waals surface area contributed by atoms with E-state index in [1.165, 1.54) is 19.2 Å². The number of aromatic nitrogens is 2. The van der Waals surface area contributed by atoms with Gasteiger partial charge in [0.1, 0.15) is 11.6 Å². The molecular weight excluding hydrogens is 347 g/mol. The average molecular weight is 366 g/mol. The van der Waals surface area contributed by atoms with Crippen LogP contribution in [0, 0.1) is 5.82 Å². The van der Waals surface area contributed by atoms with Crippen molar-refractivity contribution in [2.24, 2.45) is 7.05 Å². The van der Waals surface area contributed by atoms with E-state index in [1.54, 1.807) is 11.7 Å². The van der Waals surface area contributed by atoms with Crippen LogP contribution in [0.2, 0.25) is 0 Å². The molecule has 0 atom stereocenters. The number of sulfonamides is 1. The minimum absolute atomic E-state index is 0.0642. The van der Waals surface area contributed by atoms with Crippen molar-refractivity contribution in [1.82, 2.24) is 14.1 Å². The van der Waals surface area contributed by atoms with Crippen molar-refractivity contribution >= 4 is 21.7 Å². The Morgan fingerprint density at radius 1 is 1.32 bits per heavy atom. The lowest BCUT2D eigenvalue weighted by Crippen LogP contribution is -2.35. The Labute approximate surface area is 145 Å². The first-order valence-corrected chi connectivity index (χ1v) is 9.29. The molecule has 0 aliphatic heterocycles. The van der Waals surface area contributed by atoms with E-state index >= 15 is 0 Å². The van der Waals surface area contributed by atoms with Crippen molar-refractivity contribution in [3.63, 3.8) is 0 Å². The van der Waals surface area contributed by atoms with E-state index in [0.29, 0.717) is 5.82 Å². The maximum absolute atomic E-state index is 13.0. The van der Waals surface area contributed by atoms with Crippen LogP contribution in [0.5, 0.6) is 0 Å². The smallest absolute Gasteiger partial charge is 0.243 e. The molecule has 0 saturated heterocycles. The summed E-state index contributed by atoms with van der Waals surface area (Å²) in [5.41, 5.74) is 1.99. The van der Waals surface area contributed by atoms with E-state index in [0.717, 1.165) is 47.0 Å². The summed E-state index contributed by atoms with van der Waals surface area (Å²) in [6, 6.07) is 4.49. The third-order valence-electron chi connectivity index (χ3n) is 4.21. The number of hydrogen-bond acceptors (Lipinski definition) is 4. The molecule has 0 saturated carbocycles. The number of rotatable bonds is 5. The fourth-order valence-electron chi connectivity index (χ4n) is 2.92. The van der Waals surface area contributed by atoms with Crippen LogP contribution in [0.4, 0.5) is 10.2 Å². The summed E-state index contributed by atoms with van der Waals surface area (Å²) in [4.78, 5) is 12.2. The number of carbonyl (C=O) groups excluding carboxylic acids is 1. The summed E-state index contributed by atoms with van der Waals surface area (Å²) in [7, 11) is -0.814. The van der Waals surface area contributed by atoms with Crippen LogP contribution < -0.4 is 5.32 Å². The second kappa shape index (κ2) is 6.57. The topological polar surface area (TPSA) is 84.3 Å². The van der Waals surface area contributed by atoms with Crippen LogP contribution in [0.25, 0.3) is 0 Å². The van der Waals surface area contributed by atoms with E-state index in [2.05, 4.69) is 10.4 Å². The van der Waals surface area contributed by atoms with Gasteiger partial charge < -0.3 is 5.32 Å². The van der Waals surface area contributed by atoms with E-state index in [4.69, 9.17) is 0 Å². The third kappa shape index (κ3) is 3.42. The van der Waals surface area contributed by atoms with Crippen LogP contribution in [0.1, 0.15) is 17.7 Å². The van der Waals surface area contributed by atoms with E-state index in [-0.39, 0.29) is 11.4 Å². The molecule has 2 aromatic rings.